The number of aliphatic carboxylic acids is 1. The Morgan fingerprint density at radius 2 is 2.05 bits per heavy atom. The quantitative estimate of drug-likeness (QED) is 0.369. The monoisotopic (exact) mass is 284 g/mol. The fourth-order valence-corrected chi connectivity index (χ4v) is 2.20. The Morgan fingerprint density at radius 3 is 2.71 bits per heavy atom. The first-order valence-corrected chi connectivity index (χ1v) is 6.56. The van der Waals surface area contributed by atoms with Crippen molar-refractivity contribution in [3.05, 3.63) is 58.5 Å². The second kappa shape index (κ2) is 6.26. The van der Waals surface area contributed by atoms with E-state index in [4.69, 9.17) is 5.53 Å². The van der Waals surface area contributed by atoms with E-state index in [1.807, 2.05) is 36.4 Å². The van der Waals surface area contributed by atoms with Crippen LogP contribution in [0.4, 0.5) is 0 Å². The Morgan fingerprint density at radius 1 is 1.33 bits per heavy atom. The van der Waals surface area contributed by atoms with Gasteiger partial charge in [-0.25, -0.2) is 4.79 Å². The largest absolute Gasteiger partial charge is 0.480 e. The van der Waals surface area contributed by atoms with Crippen LogP contribution in [0.25, 0.3) is 21.2 Å². The Balaban J connectivity index is 2.34. The number of azide groups is 1. The lowest BCUT2D eigenvalue weighted by atomic mass is 9.90. The highest BCUT2D eigenvalue weighted by Crippen LogP contribution is 2.25. The molecule has 6 nitrogen and oxygen atoms in total. The molecule has 0 radical (unpaired) electrons. The minimum atomic E-state index is -1.23. The minimum Gasteiger partial charge on any atom is -0.480 e. The van der Waals surface area contributed by atoms with Gasteiger partial charge in [-0.05, 0) is 34.9 Å². The lowest BCUT2D eigenvalue weighted by molar-refractivity contribution is -0.144. The maximum absolute atomic E-state index is 11.7. The number of rotatable bonds is 6. The van der Waals surface area contributed by atoms with Gasteiger partial charge in [0.2, 0.25) is 0 Å². The van der Waals surface area contributed by atoms with Crippen molar-refractivity contribution in [3.8, 4) is 0 Å². The van der Waals surface area contributed by atoms with Crippen LogP contribution in [0.2, 0.25) is 0 Å². The number of hydrogen-bond donors (Lipinski definition) is 2. The van der Waals surface area contributed by atoms with E-state index in [2.05, 4.69) is 15.3 Å². The number of hydrogen-bond acceptors (Lipinski definition) is 3. The molecule has 0 spiro atoms. The van der Waals surface area contributed by atoms with E-state index in [9.17, 15) is 9.90 Å². The molecule has 0 aliphatic carbocycles. The van der Waals surface area contributed by atoms with Crippen LogP contribution in [-0.4, -0.2) is 24.2 Å². The molecule has 2 aromatic rings. The molecular weight excluding hydrogens is 268 g/mol. The molecule has 0 saturated heterocycles. The summed E-state index contributed by atoms with van der Waals surface area (Å²) in [5.74, 6) is -0.973. The molecule has 2 aromatic carbocycles. The van der Waals surface area contributed by atoms with E-state index >= 15 is 0 Å². The molecule has 0 aliphatic rings. The summed E-state index contributed by atoms with van der Waals surface area (Å²) < 4.78 is 0. The summed E-state index contributed by atoms with van der Waals surface area (Å²) in [7, 11) is 0. The number of carboxylic acids is 1. The zero-order valence-corrected chi connectivity index (χ0v) is 11.7. The predicted octanol–water partition coefficient (Wildman–Crippen LogP) is 3.04. The van der Waals surface area contributed by atoms with E-state index < -0.39 is 11.5 Å². The molecule has 21 heavy (non-hydrogen) atoms. The molecule has 0 fully saturated rings. The van der Waals surface area contributed by atoms with Crippen molar-refractivity contribution in [1.29, 1.82) is 0 Å². The van der Waals surface area contributed by atoms with Crippen molar-refractivity contribution in [3.63, 3.8) is 0 Å². The summed E-state index contributed by atoms with van der Waals surface area (Å²) in [6, 6.07) is 13.4. The van der Waals surface area contributed by atoms with Crippen LogP contribution in [0.15, 0.2) is 47.6 Å². The summed E-state index contributed by atoms with van der Waals surface area (Å²) in [6.07, 6.45) is 0. The first kappa shape index (κ1) is 14.8. The first-order valence-electron chi connectivity index (χ1n) is 6.56. The van der Waals surface area contributed by atoms with Gasteiger partial charge >= 0.3 is 5.97 Å². The lowest BCUT2D eigenvalue weighted by Crippen LogP contribution is -2.47. The average Bonchev–Trinajstić information content (AvgIpc) is 2.50. The minimum absolute atomic E-state index is 0.201. The number of nitrogens with zero attached hydrogens (tertiary/aromatic N) is 3. The van der Waals surface area contributed by atoms with E-state index in [0.717, 1.165) is 10.8 Å². The molecule has 108 valence electrons. The SMILES string of the molecule is CC(NCCN=[N+]=[N-])(C(=O)O)c1ccc2ccccc2c1. The molecule has 1 unspecified atom stereocenters. The molecule has 6 heteroatoms. The maximum atomic E-state index is 11.7. The number of nitrogens with one attached hydrogen (secondary N) is 1. The molecule has 2 N–H and O–H groups in total. The number of carboxylic acid groups (broad SMARTS) is 1. The van der Waals surface area contributed by atoms with Crippen molar-refractivity contribution >= 4 is 16.7 Å². The molecule has 2 rings (SSSR count). The van der Waals surface area contributed by atoms with Gasteiger partial charge in [-0.15, -0.1) is 0 Å². The maximum Gasteiger partial charge on any atom is 0.328 e. The third-order valence-corrected chi connectivity index (χ3v) is 3.51. The molecule has 1 atom stereocenters. The topological polar surface area (TPSA) is 98.1 Å². The molecule has 0 bridgehead atoms. The number of fused-ring (bicyclic) bond motifs is 1. The van der Waals surface area contributed by atoms with Crippen molar-refractivity contribution in [2.75, 3.05) is 13.1 Å². The summed E-state index contributed by atoms with van der Waals surface area (Å²) in [5.41, 5.74) is 7.69. The summed E-state index contributed by atoms with van der Waals surface area (Å²) in [6.45, 7) is 2.10. The molecule has 0 aromatic heterocycles. The smallest absolute Gasteiger partial charge is 0.328 e. The summed E-state index contributed by atoms with van der Waals surface area (Å²) in [4.78, 5) is 14.3. The lowest BCUT2D eigenvalue weighted by Gasteiger charge is -2.27. The third kappa shape index (κ3) is 3.13. The van der Waals surface area contributed by atoms with Crippen LogP contribution >= 0.6 is 0 Å². The van der Waals surface area contributed by atoms with Crippen molar-refractivity contribution < 1.29 is 9.90 Å². The van der Waals surface area contributed by atoms with Gasteiger partial charge < -0.3 is 5.11 Å². The second-order valence-corrected chi connectivity index (χ2v) is 4.87. The average molecular weight is 284 g/mol. The van der Waals surface area contributed by atoms with Gasteiger partial charge in [-0.3, -0.25) is 5.32 Å². The Kier molecular flexibility index (Phi) is 4.42. The van der Waals surface area contributed by atoms with E-state index in [-0.39, 0.29) is 6.54 Å². The van der Waals surface area contributed by atoms with Crippen molar-refractivity contribution in [1.82, 2.24) is 5.32 Å². The van der Waals surface area contributed by atoms with Gasteiger partial charge in [0.25, 0.3) is 0 Å². The Hall–Kier alpha value is -2.56. The van der Waals surface area contributed by atoms with Crippen LogP contribution in [0.3, 0.4) is 0 Å². The van der Waals surface area contributed by atoms with Gasteiger partial charge in [-0.2, -0.15) is 0 Å². The van der Waals surface area contributed by atoms with E-state index in [0.29, 0.717) is 12.1 Å². The highest BCUT2D eigenvalue weighted by atomic mass is 16.4. The molecule has 0 heterocycles. The highest BCUT2D eigenvalue weighted by molar-refractivity contribution is 5.86. The highest BCUT2D eigenvalue weighted by Gasteiger charge is 2.34. The second-order valence-electron chi connectivity index (χ2n) is 4.87. The molecule has 0 aliphatic heterocycles. The van der Waals surface area contributed by atoms with Gasteiger partial charge in [0.1, 0.15) is 5.54 Å². The van der Waals surface area contributed by atoms with Crippen LogP contribution < -0.4 is 5.32 Å². The molecular formula is C15H16N4O2. The summed E-state index contributed by atoms with van der Waals surface area (Å²) >= 11 is 0. The van der Waals surface area contributed by atoms with Gasteiger partial charge in [0, 0.05) is 18.0 Å². The fourth-order valence-electron chi connectivity index (χ4n) is 2.20. The van der Waals surface area contributed by atoms with Crippen LogP contribution in [0, 0.1) is 0 Å². The number of benzene rings is 2. The van der Waals surface area contributed by atoms with Gasteiger partial charge in [0.15, 0.2) is 0 Å². The van der Waals surface area contributed by atoms with Crippen molar-refractivity contribution in [2.45, 2.75) is 12.5 Å². The standard InChI is InChI=1S/C15H16N4O2/c1-15(14(20)21,17-8-9-18-19-16)13-7-6-11-4-2-3-5-12(11)10-13/h2-7,10,17H,8-9H2,1H3,(H,20,21). The zero-order chi connectivity index (χ0) is 15.3. The predicted molar refractivity (Wildman–Crippen MR) is 81.0 cm³/mol. The Labute approximate surface area is 122 Å². The van der Waals surface area contributed by atoms with Crippen LogP contribution in [-0.2, 0) is 10.3 Å². The summed E-state index contributed by atoms with van der Waals surface area (Å²) in [5, 5.41) is 17.9. The zero-order valence-electron chi connectivity index (χ0n) is 11.7. The fraction of sp³-hybridized carbons (Fsp3) is 0.267. The van der Waals surface area contributed by atoms with E-state index in [1.165, 1.54) is 0 Å². The van der Waals surface area contributed by atoms with Crippen LogP contribution in [0.5, 0.6) is 0 Å². The third-order valence-electron chi connectivity index (χ3n) is 3.51. The molecule has 0 saturated carbocycles. The normalized spacial score (nSPS) is 13.4. The van der Waals surface area contributed by atoms with E-state index in [1.54, 1.807) is 13.0 Å². The molecule has 0 amide bonds. The Bertz CT molecular complexity index is 710. The van der Waals surface area contributed by atoms with Crippen LogP contribution in [0.1, 0.15) is 12.5 Å². The number of carbonyl (C=O) groups is 1. The van der Waals surface area contributed by atoms with Crippen molar-refractivity contribution in [2.24, 2.45) is 5.11 Å². The first-order chi connectivity index (χ1) is 10.1. The van der Waals surface area contributed by atoms with Gasteiger partial charge in [-0.1, -0.05) is 41.5 Å². The van der Waals surface area contributed by atoms with Gasteiger partial charge in [0.05, 0.1) is 0 Å².